The maximum atomic E-state index is 11.6. The summed E-state index contributed by atoms with van der Waals surface area (Å²) in [6.45, 7) is 0.0635. The van der Waals surface area contributed by atoms with Gasteiger partial charge >= 0.3 is 0 Å². The number of imide groups is 1. The molecule has 0 aliphatic carbocycles. The van der Waals surface area contributed by atoms with Gasteiger partial charge in [-0.05, 0) is 0 Å². The molecule has 0 spiro atoms. The molecule has 4 atom stereocenters. The number of hydrogen-bond donors (Lipinski definition) is 4. The maximum Gasteiger partial charge on any atom is 0.253 e. The second kappa shape index (κ2) is 8.31. The van der Waals surface area contributed by atoms with Gasteiger partial charge in [0.1, 0.15) is 6.10 Å². The van der Waals surface area contributed by atoms with Crippen LogP contribution in [0.5, 0.6) is 0 Å². The molecule has 0 saturated carbocycles. The lowest BCUT2D eigenvalue weighted by molar-refractivity contribution is -0.307. The molecule has 0 aromatic rings. The number of carbonyl (C=O) groups is 3. The van der Waals surface area contributed by atoms with E-state index in [4.69, 9.17) is 9.47 Å². The zero-order valence-electron chi connectivity index (χ0n) is 12.8. The van der Waals surface area contributed by atoms with E-state index in [1.807, 2.05) is 0 Å². The van der Waals surface area contributed by atoms with Gasteiger partial charge in [0.25, 0.3) is 11.8 Å². The molecule has 0 radical (unpaired) electrons. The SMILES string of the molecule is O=C(CCN1C(=O)C=CC1=O)NCCOC1OC(O)CC(O)C1O. The van der Waals surface area contributed by atoms with Gasteiger partial charge in [-0.15, -0.1) is 0 Å². The monoisotopic (exact) mass is 344 g/mol. The van der Waals surface area contributed by atoms with Gasteiger partial charge in [0.2, 0.25) is 5.91 Å². The van der Waals surface area contributed by atoms with Gasteiger partial charge in [-0.25, -0.2) is 0 Å². The minimum absolute atomic E-state index is 0.0137. The van der Waals surface area contributed by atoms with E-state index in [9.17, 15) is 29.7 Å². The molecule has 2 heterocycles. The molecule has 0 aromatic heterocycles. The van der Waals surface area contributed by atoms with Crippen LogP contribution in [0.2, 0.25) is 0 Å². The molecule has 24 heavy (non-hydrogen) atoms. The number of aliphatic hydroxyl groups excluding tert-OH is 3. The molecular weight excluding hydrogens is 324 g/mol. The molecule has 2 rings (SSSR count). The first kappa shape index (κ1) is 18.5. The Morgan fingerprint density at radius 1 is 1.29 bits per heavy atom. The summed E-state index contributed by atoms with van der Waals surface area (Å²) in [5, 5.41) is 31.0. The van der Waals surface area contributed by atoms with Crippen LogP contribution in [-0.2, 0) is 23.9 Å². The Kier molecular flexibility index (Phi) is 6.40. The van der Waals surface area contributed by atoms with Crippen molar-refractivity contribution in [2.24, 2.45) is 0 Å². The smallest absolute Gasteiger partial charge is 0.253 e. The fraction of sp³-hybridized carbons (Fsp3) is 0.643. The van der Waals surface area contributed by atoms with Crippen molar-refractivity contribution in [2.45, 2.75) is 37.6 Å². The van der Waals surface area contributed by atoms with E-state index < -0.39 is 36.6 Å². The second-order valence-corrected chi connectivity index (χ2v) is 5.38. The van der Waals surface area contributed by atoms with Gasteiger partial charge in [-0.3, -0.25) is 19.3 Å². The molecule has 2 aliphatic heterocycles. The Balaban J connectivity index is 1.61. The number of nitrogens with one attached hydrogen (secondary N) is 1. The van der Waals surface area contributed by atoms with Crippen LogP contribution in [0.4, 0.5) is 0 Å². The molecule has 4 unspecified atom stereocenters. The van der Waals surface area contributed by atoms with Crippen molar-refractivity contribution in [3.05, 3.63) is 12.2 Å². The summed E-state index contributed by atoms with van der Waals surface area (Å²) in [6, 6.07) is 0. The molecule has 3 amide bonds. The second-order valence-electron chi connectivity index (χ2n) is 5.38. The van der Waals surface area contributed by atoms with Crippen LogP contribution in [0, 0.1) is 0 Å². The number of rotatable bonds is 7. The summed E-state index contributed by atoms with van der Waals surface area (Å²) in [7, 11) is 0. The molecule has 0 aromatic carbocycles. The van der Waals surface area contributed by atoms with Gasteiger partial charge < -0.3 is 30.1 Å². The van der Waals surface area contributed by atoms with Crippen LogP contribution in [0.1, 0.15) is 12.8 Å². The van der Waals surface area contributed by atoms with Gasteiger partial charge in [-0.1, -0.05) is 0 Å². The minimum Gasteiger partial charge on any atom is -0.390 e. The van der Waals surface area contributed by atoms with Crippen LogP contribution in [0.25, 0.3) is 0 Å². The van der Waals surface area contributed by atoms with Gasteiger partial charge in [0.05, 0.1) is 12.7 Å². The highest BCUT2D eigenvalue weighted by Gasteiger charge is 2.36. The number of carbonyl (C=O) groups excluding carboxylic acids is 3. The molecule has 1 saturated heterocycles. The summed E-state index contributed by atoms with van der Waals surface area (Å²) in [6.07, 6.45) is -2.72. The Hall–Kier alpha value is -1.85. The van der Waals surface area contributed by atoms with E-state index >= 15 is 0 Å². The summed E-state index contributed by atoms with van der Waals surface area (Å²) >= 11 is 0. The highest BCUT2D eigenvalue weighted by Crippen LogP contribution is 2.19. The van der Waals surface area contributed by atoms with Crippen LogP contribution >= 0.6 is 0 Å². The van der Waals surface area contributed by atoms with Gasteiger partial charge in [0, 0.05) is 38.1 Å². The molecule has 2 aliphatic rings. The summed E-state index contributed by atoms with van der Waals surface area (Å²) in [5.41, 5.74) is 0. The first-order valence-electron chi connectivity index (χ1n) is 7.50. The van der Waals surface area contributed by atoms with E-state index in [2.05, 4.69) is 5.32 Å². The average molecular weight is 344 g/mol. The fourth-order valence-corrected chi connectivity index (χ4v) is 2.27. The highest BCUT2D eigenvalue weighted by atomic mass is 16.7. The molecule has 1 fully saturated rings. The zero-order chi connectivity index (χ0) is 17.7. The lowest BCUT2D eigenvalue weighted by atomic mass is 10.1. The normalized spacial score (nSPS) is 30.0. The van der Waals surface area contributed by atoms with E-state index in [0.29, 0.717) is 0 Å². The van der Waals surface area contributed by atoms with Crippen LogP contribution in [0.15, 0.2) is 12.2 Å². The summed E-state index contributed by atoms with van der Waals surface area (Å²) in [5.74, 6) is -1.27. The van der Waals surface area contributed by atoms with Crippen LogP contribution < -0.4 is 5.32 Å². The van der Waals surface area contributed by atoms with Crippen molar-refractivity contribution < 1.29 is 39.2 Å². The van der Waals surface area contributed by atoms with E-state index in [0.717, 1.165) is 17.1 Å². The third-order valence-corrected chi connectivity index (χ3v) is 3.58. The lowest BCUT2D eigenvalue weighted by Crippen LogP contribution is -2.50. The Labute approximate surface area is 137 Å². The van der Waals surface area contributed by atoms with Crippen molar-refractivity contribution >= 4 is 17.7 Å². The largest absolute Gasteiger partial charge is 0.390 e. The third kappa shape index (κ3) is 4.82. The average Bonchev–Trinajstić information content (AvgIpc) is 2.85. The van der Waals surface area contributed by atoms with Crippen molar-refractivity contribution in [3.8, 4) is 0 Å². The Morgan fingerprint density at radius 3 is 2.62 bits per heavy atom. The Morgan fingerprint density at radius 2 is 1.96 bits per heavy atom. The topological polar surface area (TPSA) is 146 Å². The zero-order valence-corrected chi connectivity index (χ0v) is 12.8. The molecule has 134 valence electrons. The van der Waals surface area contributed by atoms with Crippen molar-refractivity contribution in [2.75, 3.05) is 19.7 Å². The maximum absolute atomic E-state index is 11.6. The first-order valence-corrected chi connectivity index (χ1v) is 7.50. The number of amides is 3. The third-order valence-electron chi connectivity index (χ3n) is 3.58. The van der Waals surface area contributed by atoms with E-state index in [1.165, 1.54) is 0 Å². The highest BCUT2D eigenvalue weighted by molar-refractivity contribution is 6.13. The summed E-state index contributed by atoms with van der Waals surface area (Å²) in [4.78, 5) is 35.2. The molecule has 0 bridgehead atoms. The number of ether oxygens (including phenoxy) is 2. The van der Waals surface area contributed by atoms with Crippen molar-refractivity contribution in [1.29, 1.82) is 0 Å². The summed E-state index contributed by atoms with van der Waals surface area (Å²) < 4.78 is 10.1. The minimum atomic E-state index is -1.29. The van der Waals surface area contributed by atoms with Crippen LogP contribution in [-0.4, -0.2) is 82.4 Å². The van der Waals surface area contributed by atoms with E-state index in [1.54, 1.807) is 0 Å². The lowest BCUT2D eigenvalue weighted by Gasteiger charge is -2.34. The van der Waals surface area contributed by atoms with Crippen molar-refractivity contribution in [1.82, 2.24) is 10.2 Å². The van der Waals surface area contributed by atoms with Gasteiger partial charge in [-0.2, -0.15) is 0 Å². The molecule has 10 heteroatoms. The van der Waals surface area contributed by atoms with Gasteiger partial charge in [0.15, 0.2) is 12.6 Å². The molecular formula is C14H20N2O8. The van der Waals surface area contributed by atoms with Crippen molar-refractivity contribution in [3.63, 3.8) is 0 Å². The number of hydrogen-bond acceptors (Lipinski definition) is 8. The molecule has 10 nitrogen and oxygen atoms in total. The number of nitrogens with zero attached hydrogens (tertiary/aromatic N) is 1. The predicted octanol–water partition coefficient (Wildman–Crippen LogP) is -2.78. The predicted molar refractivity (Wildman–Crippen MR) is 76.9 cm³/mol. The Bertz CT molecular complexity index is 505. The van der Waals surface area contributed by atoms with E-state index in [-0.39, 0.29) is 38.4 Å². The standard InChI is InChI=1S/C14H20N2O8/c17-8-7-12(21)24-14(13(8)22)23-6-4-15-9(18)3-5-16-10(19)1-2-11(16)20/h1-2,8,12-14,17,21-22H,3-7H2,(H,15,18). The number of aliphatic hydroxyl groups is 3. The fourth-order valence-electron chi connectivity index (χ4n) is 2.27. The quantitative estimate of drug-likeness (QED) is 0.287. The first-order chi connectivity index (χ1) is 11.4. The molecule has 4 N–H and O–H groups in total. The van der Waals surface area contributed by atoms with Crippen LogP contribution in [0.3, 0.4) is 0 Å².